The first-order chi connectivity index (χ1) is 8.02. The highest BCUT2D eigenvalue weighted by molar-refractivity contribution is 5.43. The van der Waals surface area contributed by atoms with Crippen LogP contribution in [0.25, 0.3) is 0 Å². The van der Waals surface area contributed by atoms with E-state index in [1.807, 2.05) is 0 Å². The Morgan fingerprint density at radius 3 is 2.18 bits per heavy atom. The van der Waals surface area contributed by atoms with Gasteiger partial charge in [0, 0.05) is 6.54 Å². The fourth-order valence-electron chi connectivity index (χ4n) is 1.25. The van der Waals surface area contributed by atoms with Crippen molar-refractivity contribution in [1.29, 1.82) is 0 Å². The first kappa shape index (κ1) is 13.6. The predicted molar refractivity (Wildman–Crippen MR) is 52.5 cm³/mol. The van der Waals surface area contributed by atoms with Crippen molar-refractivity contribution in [2.75, 3.05) is 7.05 Å². The van der Waals surface area contributed by atoms with Crippen molar-refractivity contribution in [3.63, 3.8) is 0 Å². The van der Waals surface area contributed by atoms with Gasteiger partial charge in [0.2, 0.25) is 0 Å². The van der Waals surface area contributed by atoms with E-state index >= 15 is 0 Å². The summed E-state index contributed by atoms with van der Waals surface area (Å²) in [6, 6.07) is 3.86. The molecule has 0 aliphatic heterocycles. The van der Waals surface area contributed by atoms with Gasteiger partial charge in [-0.05, 0) is 24.7 Å². The summed E-state index contributed by atoms with van der Waals surface area (Å²) in [6.07, 6.45) is 0. The second kappa shape index (κ2) is 6.29. The van der Waals surface area contributed by atoms with Crippen LogP contribution in [0, 0.1) is 0 Å². The van der Waals surface area contributed by atoms with Gasteiger partial charge in [0.1, 0.15) is 0 Å². The molecule has 0 atom stereocenters. The highest BCUT2D eigenvalue weighted by Gasteiger charge is 2.14. The molecule has 1 rings (SSSR count). The zero-order chi connectivity index (χ0) is 12.8. The largest absolute Gasteiger partial charge is 0.431 e. The van der Waals surface area contributed by atoms with E-state index in [0.29, 0.717) is 12.1 Å². The van der Waals surface area contributed by atoms with Crippen LogP contribution in [0.3, 0.4) is 0 Å². The van der Waals surface area contributed by atoms with E-state index in [-0.39, 0.29) is 0 Å². The Labute approximate surface area is 95.3 Å². The molecule has 1 aromatic rings. The molecule has 0 bridgehead atoms. The van der Waals surface area contributed by atoms with Crippen LogP contribution < -0.4 is 14.8 Å². The standard InChI is InChI=1S/C10H11F4NO2/c1-15-5-6-2-3-7(16-9(11)12)8(4-6)17-10(13)14/h2-4,9-10,15H,5H2,1H3. The first-order valence-corrected chi connectivity index (χ1v) is 4.70. The lowest BCUT2D eigenvalue weighted by Crippen LogP contribution is -2.09. The molecule has 0 fully saturated rings. The van der Waals surface area contributed by atoms with E-state index in [1.165, 1.54) is 12.1 Å². The van der Waals surface area contributed by atoms with Crippen molar-refractivity contribution < 1.29 is 27.0 Å². The molecule has 0 radical (unpaired) electrons. The molecule has 7 heteroatoms. The molecule has 0 amide bonds. The quantitative estimate of drug-likeness (QED) is 0.790. The summed E-state index contributed by atoms with van der Waals surface area (Å²) in [5.41, 5.74) is 0.616. The summed E-state index contributed by atoms with van der Waals surface area (Å²) in [5, 5.41) is 2.79. The second-order valence-electron chi connectivity index (χ2n) is 3.07. The highest BCUT2D eigenvalue weighted by Crippen LogP contribution is 2.31. The van der Waals surface area contributed by atoms with Crippen LogP contribution in [-0.4, -0.2) is 20.3 Å². The van der Waals surface area contributed by atoms with E-state index in [9.17, 15) is 17.6 Å². The molecule has 0 unspecified atom stereocenters. The molecule has 96 valence electrons. The van der Waals surface area contributed by atoms with Gasteiger partial charge in [-0.1, -0.05) is 6.07 Å². The average Bonchev–Trinajstić information content (AvgIpc) is 2.21. The normalized spacial score (nSPS) is 11.0. The van der Waals surface area contributed by atoms with Gasteiger partial charge >= 0.3 is 13.2 Å². The number of rotatable bonds is 6. The Morgan fingerprint density at radius 1 is 1.06 bits per heavy atom. The third kappa shape index (κ3) is 4.48. The van der Waals surface area contributed by atoms with Crippen molar-refractivity contribution in [3.8, 4) is 11.5 Å². The number of benzene rings is 1. The lowest BCUT2D eigenvalue weighted by molar-refractivity contribution is -0.0692. The van der Waals surface area contributed by atoms with Crippen molar-refractivity contribution >= 4 is 0 Å². The smallest absolute Gasteiger partial charge is 0.387 e. The van der Waals surface area contributed by atoms with Crippen LogP contribution in [0.1, 0.15) is 5.56 Å². The third-order valence-corrected chi connectivity index (χ3v) is 1.82. The molecule has 3 nitrogen and oxygen atoms in total. The maximum Gasteiger partial charge on any atom is 0.387 e. The fourth-order valence-corrected chi connectivity index (χ4v) is 1.25. The second-order valence-corrected chi connectivity index (χ2v) is 3.07. The molecule has 1 aromatic carbocycles. The van der Waals surface area contributed by atoms with Gasteiger partial charge < -0.3 is 14.8 Å². The number of hydrogen-bond acceptors (Lipinski definition) is 3. The van der Waals surface area contributed by atoms with Crippen LogP contribution in [0.2, 0.25) is 0 Å². The Balaban J connectivity index is 2.94. The summed E-state index contributed by atoms with van der Waals surface area (Å²) < 4.78 is 56.3. The van der Waals surface area contributed by atoms with Gasteiger partial charge in [0.25, 0.3) is 0 Å². The number of halogens is 4. The van der Waals surface area contributed by atoms with Crippen LogP contribution in [-0.2, 0) is 6.54 Å². The van der Waals surface area contributed by atoms with E-state index in [2.05, 4.69) is 14.8 Å². The molecule has 0 aliphatic rings. The topological polar surface area (TPSA) is 30.5 Å². The van der Waals surface area contributed by atoms with E-state index in [4.69, 9.17) is 0 Å². The van der Waals surface area contributed by atoms with Crippen LogP contribution in [0.5, 0.6) is 11.5 Å². The number of ether oxygens (including phenoxy) is 2. The number of alkyl halides is 4. The van der Waals surface area contributed by atoms with Crippen LogP contribution in [0.15, 0.2) is 18.2 Å². The minimum Gasteiger partial charge on any atom is -0.431 e. The summed E-state index contributed by atoms with van der Waals surface area (Å²) in [6.45, 7) is -5.79. The van der Waals surface area contributed by atoms with Gasteiger partial charge in [-0.2, -0.15) is 17.6 Å². The molecule has 17 heavy (non-hydrogen) atoms. The Bertz CT molecular complexity index is 360. The first-order valence-electron chi connectivity index (χ1n) is 4.70. The highest BCUT2D eigenvalue weighted by atomic mass is 19.3. The van der Waals surface area contributed by atoms with Crippen molar-refractivity contribution in [3.05, 3.63) is 23.8 Å². The number of nitrogens with one attached hydrogen (secondary N) is 1. The molecule has 0 saturated heterocycles. The lowest BCUT2D eigenvalue weighted by Gasteiger charge is -2.12. The summed E-state index contributed by atoms with van der Waals surface area (Å²) in [4.78, 5) is 0. The van der Waals surface area contributed by atoms with E-state index in [0.717, 1.165) is 6.07 Å². The molecule has 0 saturated carbocycles. The molecule has 0 spiro atoms. The lowest BCUT2D eigenvalue weighted by atomic mass is 10.2. The molecule has 1 N–H and O–H groups in total. The predicted octanol–water partition coefficient (Wildman–Crippen LogP) is 2.61. The minimum atomic E-state index is -3.10. The SMILES string of the molecule is CNCc1ccc(OC(F)F)c(OC(F)F)c1. The fraction of sp³-hybridized carbons (Fsp3) is 0.400. The molecular weight excluding hydrogens is 242 g/mol. The van der Waals surface area contributed by atoms with Gasteiger partial charge in [-0.15, -0.1) is 0 Å². The van der Waals surface area contributed by atoms with Gasteiger partial charge in [-0.25, -0.2) is 0 Å². The third-order valence-electron chi connectivity index (χ3n) is 1.82. The molecular formula is C10H11F4NO2. The number of hydrogen-bond donors (Lipinski definition) is 1. The maximum absolute atomic E-state index is 12.1. The average molecular weight is 253 g/mol. The zero-order valence-corrected chi connectivity index (χ0v) is 8.92. The Kier molecular flexibility index (Phi) is 5.02. The summed E-state index contributed by atoms with van der Waals surface area (Å²) in [5.74, 6) is -0.826. The Morgan fingerprint density at radius 2 is 1.65 bits per heavy atom. The van der Waals surface area contributed by atoms with Crippen molar-refractivity contribution in [1.82, 2.24) is 5.32 Å². The monoisotopic (exact) mass is 253 g/mol. The van der Waals surface area contributed by atoms with Crippen LogP contribution in [0.4, 0.5) is 17.6 Å². The van der Waals surface area contributed by atoms with Crippen molar-refractivity contribution in [2.24, 2.45) is 0 Å². The van der Waals surface area contributed by atoms with Crippen molar-refractivity contribution in [2.45, 2.75) is 19.8 Å². The van der Waals surface area contributed by atoms with E-state index < -0.39 is 24.7 Å². The minimum absolute atomic E-state index is 0.397. The Hall–Kier alpha value is -1.50. The molecule has 0 aliphatic carbocycles. The summed E-state index contributed by atoms with van der Waals surface area (Å²) >= 11 is 0. The molecule has 0 aromatic heterocycles. The van der Waals surface area contributed by atoms with E-state index in [1.54, 1.807) is 7.05 Å². The van der Waals surface area contributed by atoms with Gasteiger partial charge in [-0.3, -0.25) is 0 Å². The zero-order valence-electron chi connectivity index (χ0n) is 8.92. The van der Waals surface area contributed by atoms with Gasteiger partial charge in [0.15, 0.2) is 11.5 Å². The summed E-state index contributed by atoms with van der Waals surface area (Å²) in [7, 11) is 1.66. The van der Waals surface area contributed by atoms with Gasteiger partial charge in [0.05, 0.1) is 0 Å². The molecule has 0 heterocycles. The maximum atomic E-state index is 12.1. The van der Waals surface area contributed by atoms with Crippen LogP contribution >= 0.6 is 0 Å².